The Bertz CT molecular complexity index is 936. The van der Waals surface area contributed by atoms with Crippen molar-refractivity contribution in [3.05, 3.63) is 28.4 Å². The Morgan fingerprint density at radius 1 is 1.14 bits per heavy atom. The fraction of sp³-hybridized carbons (Fsp3) is 0.353. The minimum Gasteiger partial charge on any atom is -0.469 e. The fourth-order valence-corrected chi connectivity index (χ4v) is 4.17. The SMILES string of the molecule is COC(=O)Cc1c(C(=O)OC)sc(NC(=O)CSc2nccn2C)c1C(=O)OC. The van der Waals surface area contributed by atoms with E-state index in [9.17, 15) is 19.2 Å². The number of aromatic nitrogens is 2. The number of hydrogen-bond donors (Lipinski definition) is 1. The summed E-state index contributed by atoms with van der Waals surface area (Å²) in [5.74, 6) is -2.63. The third kappa shape index (κ3) is 5.35. The minimum absolute atomic E-state index is 0.00496. The molecule has 1 amide bonds. The summed E-state index contributed by atoms with van der Waals surface area (Å²) in [6.07, 6.45) is 2.99. The van der Waals surface area contributed by atoms with Crippen molar-refractivity contribution < 1.29 is 33.4 Å². The number of nitrogens with one attached hydrogen (secondary N) is 1. The van der Waals surface area contributed by atoms with Gasteiger partial charge in [-0.15, -0.1) is 11.3 Å². The first-order chi connectivity index (χ1) is 13.8. The Hall–Kier alpha value is -2.86. The Morgan fingerprint density at radius 3 is 2.38 bits per heavy atom. The molecule has 0 aliphatic rings. The third-order valence-corrected chi connectivity index (χ3v) is 5.86. The summed E-state index contributed by atoms with van der Waals surface area (Å²) >= 11 is 2.02. The van der Waals surface area contributed by atoms with E-state index in [1.165, 1.54) is 26.0 Å². The van der Waals surface area contributed by atoms with Crippen LogP contribution in [0.4, 0.5) is 5.00 Å². The highest BCUT2D eigenvalue weighted by Gasteiger charge is 2.30. The van der Waals surface area contributed by atoms with Gasteiger partial charge in [0.15, 0.2) is 5.16 Å². The quantitative estimate of drug-likeness (QED) is 0.368. The van der Waals surface area contributed by atoms with Gasteiger partial charge in [0.1, 0.15) is 9.88 Å². The number of aryl methyl sites for hydroxylation is 1. The summed E-state index contributed by atoms with van der Waals surface area (Å²) in [5.41, 5.74) is -0.00811. The molecule has 156 valence electrons. The van der Waals surface area contributed by atoms with E-state index in [1.807, 2.05) is 0 Å². The predicted octanol–water partition coefficient (Wildman–Crippen LogP) is 1.50. The Balaban J connectivity index is 2.34. The zero-order chi connectivity index (χ0) is 21.6. The molecule has 0 aromatic carbocycles. The molecule has 0 spiro atoms. The predicted molar refractivity (Wildman–Crippen MR) is 105 cm³/mol. The number of rotatable bonds is 8. The summed E-state index contributed by atoms with van der Waals surface area (Å²) in [6.45, 7) is 0. The Kier molecular flexibility index (Phi) is 7.79. The number of imidazole rings is 1. The molecule has 0 aliphatic heterocycles. The lowest BCUT2D eigenvalue weighted by Crippen LogP contribution is -2.17. The van der Waals surface area contributed by atoms with E-state index >= 15 is 0 Å². The summed E-state index contributed by atoms with van der Waals surface area (Å²) in [5, 5.41) is 3.32. The van der Waals surface area contributed by atoms with Gasteiger partial charge in [-0.1, -0.05) is 11.8 Å². The molecular weight excluding hydrogens is 422 g/mol. The third-order valence-electron chi connectivity index (χ3n) is 3.68. The minimum atomic E-state index is -0.803. The molecule has 2 heterocycles. The smallest absolute Gasteiger partial charge is 0.348 e. The first-order valence-corrected chi connectivity index (χ1v) is 9.91. The molecule has 1 N–H and O–H groups in total. The second-order valence-corrected chi connectivity index (χ2v) is 7.47. The van der Waals surface area contributed by atoms with Gasteiger partial charge < -0.3 is 24.1 Å². The van der Waals surface area contributed by atoms with Crippen LogP contribution in [0.25, 0.3) is 0 Å². The molecular formula is C17H19N3O7S2. The molecule has 0 aliphatic carbocycles. The number of carbonyl (C=O) groups is 4. The summed E-state index contributed by atoms with van der Waals surface area (Å²) in [4.78, 5) is 52.8. The highest BCUT2D eigenvalue weighted by molar-refractivity contribution is 7.99. The highest BCUT2D eigenvalue weighted by atomic mass is 32.2. The largest absolute Gasteiger partial charge is 0.469 e. The Labute approximate surface area is 174 Å². The van der Waals surface area contributed by atoms with E-state index in [0.29, 0.717) is 5.16 Å². The van der Waals surface area contributed by atoms with Crippen molar-refractivity contribution in [2.24, 2.45) is 7.05 Å². The van der Waals surface area contributed by atoms with Crippen molar-refractivity contribution in [2.45, 2.75) is 11.6 Å². The van der Waals surface area contributed by atoms with Crippen molar-refractivity contribution in [1.82, 2.24) is 9.55 Å². The van der Waals surface area contributed by atoms with Crippen LogP contribution < -0.4 is 5.32 Å². The molecule has 2 aromatic rings. The molecule has 10 nitrogen and oxygen atoms in total. The van der Waals surface area contributed by atoms with Gasteiger partial charge in [0.05, 0.1) is 39.1 Å². The van der Waals surface area contributed by atoms with Gasteiger partial charge in [0.25, 0.3) is 0 Å². The van der Waals surface area contributed by atoms with E-state index in [4.69, 9.17) is 9.47 Å². The standard InChI is InChI=1S/C17H19N3O7S2/c1-20-6-5-18-17(20)28-8-10(21)19-14-12(15(23)26-3)9(7-11(22)25-2)13(29-14)16(24)27-4/h5-6H,7-8H2,1-4H3,(H,19,21). The van der Waals surface area contributed by atoms with Crippen molar-refractivity contribution >= 4 is 51.9 Å². The monoisotopic (exact) mass is 441 g/mol. The average molecular weight is 441 g/mol. The lowest BCUT2D eigenvalue weighted by Gasteiger charge is -2.07. The lowest BCUT2D eigenvalue weighted by molar-refractivity contribution is -0.139. The number of carbonyl (C=O) groups excluding carboxylic acids is 4. The van der Waals surface area contributed by atoms with Crippen LogP contribution in [-0.4, -0.2) is 60.4 Å². The number of esters is 3. The maximum Gasteiger partial charge on any atom is 0.348 e. The van der Waals surface area contributed by atoms with Gasteiger partial charge in [0.2, 0.25) is 5.91 Å². The maximum absolute atomic E-state index is 12.4. The van der Waals surface area contributed by atoms with Gasteiger partial charge in [-0.05, 0) is 0 Å². The second kappa shape index (κ2) is 10.1. The van der Waals surface area contributed by atoms with Crippen molar-refractivity contribution in [2.75, 3.05) is 32.4 Å². The molecule has 0 atom stereocenters. The number of ether oxygens (including phenoxy) is 3. The van der Waals surface area contributed by atoms with Gasteiger partial charge in [-0.3, -0.25) is 9.59 Å². The van der Waals surface area contributed by atoms with E-state index in [0.717, 1.165) is 18.4 Å². The topological polar surface area (TPSA) is 126 Å². The van der Waals surface area contributed by atoms with E-state index in [-0.39, 0.29) is 33.2 Å². The molecule has 29 heavy (non-hydrogen) atoms. The van der Waals surface area contributed by atoms with Gasteiger partial charge >= 0.3 is 17.9 Å². The normalized spacial score (nSPS) is 10.3. The average Bonchev–Trinajstić information content (AvgIpc) is 3.28. The van der Waals surface area contributed by atoms with E-state index < -0.39 is 23.8 Å². The van der Waals surface area contributed by atoms with Crippen molar-refractivity contribution in [3.8, 4) is 0 Å². The second-order valence-electron chi connectivity index (χ2n) is 5.51. The van der Waals surface area contributed by atoms with Crippen molar-refractivity contribution in [1.29, 1.82) is 0 Å². The molecule has 0 radical (unpaired) electrons. The molecule has 0 unspecified atom stereocenters. The Morgan fingerprint density at radius 2 is 1.83 bits per heavy atom. The van der Waals surface area contributed by atoms with Crippen LogP contribution in [0.2, 0.25) is 0 Å². The first kappa shape index (κ1) is 22.4. The summed E-state index contributed by atoms with van der Waals surface area (Å²) in [7, 11) is 5.30. The maximum atomic E-state index is 12.4. The highest BCUT2D eigenvalue weighted by Crippen LogP contribution is 2.35. The van der Waals surface area contributed by atoms with Crippen LogP contribution in [0.5, 0.6) is 0 Å². The van der Waals surface area contributed by atoms with Crippen LogP contribution in [0.15, 0.2) is 17.6 Å². The molecule has 0 saturated heterocycles. The number of amides is 1. The molecule has 0 bridgehead atoms. The van der Waals surface area contributed by atoms with Crippen LogP contribution in [-0.2, 0) is 37.3 Å². The van der Waals surface area contributed by atoms with Crippen LogP contribution in [0.3, 0.4) is 0 Å². The first-order valence-electron chi connectivity index (χ1n) is 8.11. The number of thiophene rings is 1. The van der Waals surface area contributed by atoms with Crippen molar-refractivity contribution in [3.63, 3.8) is 0 Å². The van der Waals surface area contributed by atoms with Crippen LogP contribution >= 0.6 is 23.1 Å². The van der Waals surface area contributed by atoms with Gasteiger partial charge in [-0.2, -0.15) is 0 Å². The number of thioether (sulfide) groups is 1. The molecule has 2 rings (SSSR count). The number of anilines is 1. The van der Waals surface area contributed by atoms with E-state index in [1.54, 1.807) is 24.0 Å². The summed E-state index contributed by atoms with van der Waals surface area (Å²) in [6, 6.07) is 0. The number of methoxy groups -OCH3 is 3. The van der Waals surface area contributed by atoms with Crippen LogP contribution in [0.1, 0.15) is 25.6 Å². The fourth-order valence-electron chi connectivity index (χ4n) is 2.30. The molecule has 0 fully saturated rings. The van der Waals surface area contributed by atoms with Gasteiger partial charge in [0, 0.05) is 25.0 Å². The number of hydrogen-bond acceptors (Lipinski definition) is 10. The lowest BCUT2D eigenvalue weighted by atomic mass is 10.1. The molecule has 2 aromatic heterocycles. The molecule has 0 saturated carbocycles. The molecule has 12 heteroatoms. The van der Waals surface area contributed by atoms with Crippen LogP contribution in [0, 0.1) is 0 Å². The number of nitrogens with zero attached hydrogens (tertiary/aromatic N) is 2. The van der Waals surface area contributed by atoms with Gasteiger partial charge in [-0.25, -0.2) is 14.6 Å². The zero-order valence-electron chi connectivity index (χ0n) is 16.1. The summed E-state index contributed by atoms with van der Waals surface area (Å²) < 4.78 is 15.9. The van der Waals surface area contributed by atoms with E-state index in [2.05, 4.69) is 15.0 Å². The zero-order valence-corrected chi connectivity index (χ0v) is 17.8.